The minimum absolute atomic E-state index is 0.169. The van der Waals surface area contributed by atoms with E-state index in [1.54, 1.807) is 0 Å². The number of hydrogen-bond acceptors (Lipinski definition) is 4. The molecule has 0 heterocycles. The molecule has 1 N–H and O–H groups in total. The third-order valence-corrected chi connectivity index (χ3v) is 6.91. The second kappa shape index (κ2) is 6.71. The minimum atomic E-state index is -4.99. The van der Waals surface area contributed by atoms with Gasteiger partial charge in [0, 0.05) is 11.7 Å². The molecule has 0 spiro atoms. The van der Waals surface area contributed by atoms with Crippen LogP contribution in [0.2, 0.25) is 0 Å². The molecule has 1 aromatic carbocycles. The predicted octanol–water partition coefficient (Wildman–Crippen LogP) is 3.82. The highest BCUT2D eigenvalue weighted by molar-refractivity contribution is 7.90. The Morgan fingerprint density at radius 2 is 1.88 bits per heavy atom. The quantitative estimate of drug-likeness (QED) is 0.828. The summed E-state index contributed by atoms with van der Waals surface area (Å²) < 4.78 is 65.8. The van der Waals surface area contributed by atoms with E-state index in [0.29, 0.717) is 17.9 Å². The molecule has 0 bridgehead atoms. The molecule has 1 aromatic rings. The van der Waals surface area contributed by atoms with Gasteiger partial charge in [0.1, 0.15) is 10.6 Å². The van der Waals surface area contributed by atoms with E-state index in [4.69, 9.17) is 0 Å². The van der Waals surface area contributed by atoms with Crippen molar-refractivity contribution >= 4 is 9.84 Å². The second-order valence-corrected chi connectivity index (χ2v) is 9.49. The van der Waals surface area contributed by atoms with Crippen molar-refractivity contribution in [3.63, 3.8) is 0 Å². The van der Waals surface area contributed by atoms with Crippen LogP contribution in [-0.4, -0.2) is 32.7 Å². The van der Waals surface area contributed by atoms with Crippen molar-refractivity contribution in [3.05, 3.63) is 23.8 Å². The number of rotatable bonds is 5. The van der Waals surface area contributed by atoms with Crippen LogP contribution in [-0.2, 0) is 15.3 Å². The lowest BCUT2D eigenvalue weighted by Gasteiger charge is -2.25. The highest BCUT2D eigenvalue weighted by atomic mass is 32.2. The van der Waals surface area contributed by atoms with Gasteiger partial charge in [0.05, 0.1) is 6.61 Å². The molecule has 2 aliphatic carbocycles. The lowest BCUT2D eigenvalue weighted by molar-refractivity contribution is -0.275. The maximum absolute atomic E-state index is 12.7. The van der Waals surface area contributed by atoms with Gasteiger partial charge in [-0.25, -0.2) is 8.42 Å². The van der Waals surface area contributed by atoms with Gasteiger partial charge in [0.15, 0.2) is 9.84 Å². The molecule has 2 unspecified atom stereocenters. The average Bonchev–Trinajstić information content (AvgIpc) is 3.29. The van der Waals surface area contributed by atoms with Crippen molar-refractivity contribution in [2.45, 2.75) is 55.2 Å². The van der Waals surface area contributed by atoms with E-state index in [-0.39, 0.29) is 12.5 Å². The van der Waals surface area contributed by atoms with Gasteiger partial charge in [-0.05, 0) is 36.0 Å². The normalized spacial score (nSPS) is 27.3. The molecule has 2 atom stereocenters. The Balaban J connectivity index is 1.96. The van der Waals surface area contributed by atoms with Crippen LogP contribution in [0.25, 0.3) is 0 Å². The Labute approximate surface area is 151 Å². The summed E-state index contributed by atoms with van der Waals surface area (Å²) in [5.41, 5.74) is -0.0795. The summed E-state index contributed by atoms with van der Waals surface area (Å²) in [6.45, 7) is -0.169. The van der Waals surface area contributed by atoms with Crippen molar-refractivity contribution < 1.29 is 31.4 Å². The molecule has 146 valence electrons. The number of halogens is 3. The first-order chi connectivity index (χ1) is 12.1. The van der Waals surface area contributed by atoms with Crippen molar-refractivity contribution in [3.8, 4) is 5.75 Å². The van der Waals surface area contributed by atoms with Crippen LogP contribution < -0.4 is 4.74 Å². The Morgan fingerprint density at radius 3 is 2.42 bits per heavy atom. The van der Waals surface area contributed by atoms with Gasteiger partial charge in [-0.15, -0.1) is 13.2 Å². The summed E-state index contributed by atoms with van der Waals surface area (Å²) in [6, 6.07) is 3.81. The minimum Gasteiger partial charge on any atom is -0.404 e. The summed E-state index contributed by atoms with van der Waals surface area (Å²) in [6.07, 6.45) is 2.17. The molecule has 26 heavy (non-hydrogen) atoms. The van der Waals surface area contributed by atoms with Crippen molar-refractivity contribution in [2.24, 2.45) is 11.8 Å². The van der Waals surface area contributed by atoms with E-state index in [1.165, 1.54) is 12.5 Å². The lowest BCUT2D eigenvalue weighted by Crippen LogP contribution is -2.23. The molecule has 2 aliphatic rings. The number of sulfone groups is 1. The Kier molecular flexibility index (Phi) is 5.03. The molecule has 0 amide bonds. The molecule has 2 fully saturated rings. The predicted molar refractivity (Wildman–Crippen MR) is 89.7 cm³/mol. The molecule has 0 aliphatic heterocycles. The smallest absolute Gasteiger partial charge is 0.404 e. The Morgan fingerprint density at radius 1 is 1.23 bits per heavy atom. The molecule has 2 saturated carbocycles. The van der Waals surface area contributed by atoms with Crippen molar-refractivity contribution in [1.82, 2.24) is 0 Å². The van der Waals surface area contributed by atoms with E-state index in [2.05, 4.69) is 4.74 Å². The first-order valence-corrected chi connectivity index (χ1v) is 10.7. The zero-order chi connectivity index (χ0) is 19.2. The molecular formula is C18H23F3O4S. The second-order valence-electron chi connectivity index (χ2n) is 7.50. The van der Waals surface area contributed by atoms with Gasteiger partial charge in [-0.3, -0.25) is 0 Å². The molecular weight excluding hydrogens is 369 g/mol. The van der Waals surface area contributed by atoms with Crippen LogP contribution in [0.3, 0.4) is 0 Å². The third kappa shape index (κ3) is 3.86. The summed E-state index contributed by atoms with van der Waals surface area (Å²) >= 11 is 0. The topological polar surface area (TPSA) is 63.6 Å². The van der Waals surface area contributed by atoms with E-state index >= 15 is 0 Å². The standard InChI is InChI=1S/C18H23F3O4S/c1-26(23,24)16-8-7-13(9-15(16)25-18(19,20)21)17(11-22)10-14(17)12-5-3-2-4-6-12/h7-9,12,14,22H,2-6,10-11H2,1H3. The molecule has 3 rings (SSSR count). The molecule has 0 radical (unpaired) electrons. The highest BCUT2D eigenvalue weighted by Gasteiger charge is 2.58. The molecule has 0 aromatic heterocycles. The molecule has 4 nitrogen and oxygen atoms in total. The fourth-order valence-corrected chi connectivity index (χ4v) is 5.20. The van der Waals surface area contributed by atoms with Crippen LogP contribution in [0, 0.1) is 11.8 Å². The molecule has 0 saturated heterocycles. The fourth-order valence-electron chi connectivity index (χ4n) is 4.42. The number of ether oxygens (including phenoxy) is 1. The Hall–Kier alpha value is -1.28. The average molecular weight is 392 g/mol. The monoisotopic (exact) mass is 392 g/mol. The SMILES string of the molecule is CS(=O)(=O)c1ccc(C2(CO)CC2C2CCCCC2)cc1OC(F)(F)F. The first kappa shape index (κ1) is 19.5. The summed E-state index contributed by atoms with van der Waals surface area (Å²) in [7, 11) is -3.88. The van der Waals surface area contributed by atoms with Crippen molar-refractivity contribution in [1.29, 1.82) is 0 Å². The van der Waals surface area contributed by atoms with Gasteiger partial charge >= 0.3 is 6.36 Å². The number of alkyl halides is 3. The summed E-state index contributed by atoms with van der Waals surface area (Å²) in [4.78, 5) is -0.499. The number of aliphatic hydroxyl groups excluding tert-OH is 1. The number of aliphatic hydroxyl groups is 1. The van der Waals surface area contributed by atoms with Crippen LogP contribution in [0.1, 0.15) is 44.1 Å². The zero-order valence-corrected chi connectivity index (χ0v) is 15.4. The first-order valence-electron chi connectivity index (χ1n) is 8.78. The molecule has 8 heteroatoms. The zero-order valence-electron chi connectivity index (χ0n) is 14.6. The van der Waals surface area contributed by atoms with Gasteiger partial charge < -0.3 is 9.84 Å². The summed E-state index contributed by atoms with van der Waals surface area (Å²) in [5, 5.41) is 9.98. The van der Waals surface area contributed by atoms with Gasteiger partial charge in [-0.2, -0.15) is 0 Å². The maximum atomic E-state index is 12.7. The van der Waals surface area contributed by atoms with Crippen LogP contribution >= 0.6 is 0 Å². The van der Waals surface area contributed by atoms with Gasteiger partial charge in [0.25, 0.3) is 0 Å². The Bertz CT molecular complexity index is 769. The van der Waals surface area contributed by atoms with E-state index < -0.39 is 32.3 Å². The number of benzene rings is 1. The fraction of sp³-hybridized carbons (Fsp3) is 0.667. The van der Waals surface area contributed by atoms with Gasteiger partial charge in [0.2, 0.25) is 0 Å². The summed E-state index contributed by atoms with van der Waals surface area (Å²) in [5.74, 6) is -0.0484. The van der Waals surface area contributed by atoms with Crippen LogP contribution in [0.4, 0.5) is 13.2 Å². The van der Waals surface area contributed by atoms with E-state index in [0.717, 1.165) is 44.1 Å². The van der Waals surface area contributed by atoms with Crippen LogP contribution in [0.5, 0.6) is 5.75 Å². The van der Waals surface area contributed by atoms with Gasteiger partial charge in [-0.1, -0.05) is 38.2 Å². The van der Waals surface area contributed by atoms with E-state index in [1.807, 2.05) is 0 Å². The number of hydrogen-bond donors (Lipinski definition) is 1. The lowest BCUT2D eigenvalue weighted by atomic mass is 9.81. The largest absolute Gasteiger partial charge is 0.573 e. The van der Waals surface area contributed by atoms with Crippen LogP contribution in [0.15, 0.2) is 23.1 Å². The maximum Gasteiger partial charge on any atom is 0.573 e. The third-order valence-electron chi connectivity index (χ3n) is 5.78. The van der Waals surface area contributed by atoms with Crippen molar-refractivity contribution in [2.75, 3.05) is 12.9 Å². The van der Waals surface area contributed by atoms with E-state index in [9.17, 15) is 26.7 Å². The highest BCUT2D eigenvalue weighted by Crippen LogP contribution is 2.60.